The van der Waals surface area contributed by atoms with E-state index in [4.69, 9.17) is 15.2 Å². The van der Waals surface area contributed by atoms with E-state index in [0.717, 1.165) is 12.8 Å². The third-order valence-electron chi connectivity index (χ3n) is 3.37. The number of nitrogens with one attached hydrogen (secondary N) is 1. The quantitative estimate of drug-likeness (QED) is 0.775. The first-order valence-corrected chi connectivity index (χ1v) is 7.09. The van der Waals surface area contributed by atoms with E-state index in [9.17, 15) is 4.79 Å². The Morgan fingerprint density at radius 3 is 3.00 bits per heavy atom. The molecule has 0 fully saturated rings. The molecule has 1 amide bonds. The van der Waals surface area contributed by atoms with Crippen molar-refractivity contribution in [2.24, 2.45) is 11.7 Å². The van der Waals surface area contributed by atoms with Gasteiger partial charge in [-0.25, -0.2) is 0 Å². The molecule has 5 heteroatoms. The Kier molecular flexibility index (Phi) is 5.24. The van der Waals surface area contributed by atoms with Gasteiger partial charge < -0.3 is 20.5 Å². The molecule has 1 atom stereocenters. The summed E-state index contributed by atoms with van der Waals surface area (Å²) in [6.45, 7) is 4.44. The van der Waals surface area contributed by atoms with Crippen molar-refractivity contribution in [3.8, 4) is 11.5 Å². The molecule has 1 aliphatic heterocycles. The predicted molar refractivity (Wildman–Crippen MR) is 77.2 cm³/mol. The molecule has 1 aromatic rings. The predicted octanol–water partition coefficient (Wildman–Crippen LogP) is 1.56. The van der Waals surface area contributed by atoms with Crippen molar-refractivity contribution in [2.45, 2.75) is 19.8 Å². The van der Waals surface area contributed by atoms with Crippen molar-refractivity contribution in [1.29, 1.82) is 0 Å². The molecule has 2 rings (SSSR count). The maximum Gasteiger partial charge on any atom is 0.255 e. The molecule has 0 aromatic heterocycles. The van der Waals surface area contributed by atoms with Crippen molar-refractivity contribution in [2.75, 3.05) is 26.3 Å². The van der Waals surface area contributed by atoms with E-state index >= 15 is 0 Å². The average molecular weight is 278 g/mol. The molecule has 1 heterocycles. The van der Waals surface area contributed by atoms with Crippen LogP contribution in [0.5, 0.6) is 11.5 Å². The Morgan fingerprint density at radius 1 is 1.40 bits per heavy atom. The molecule has 3 N–H and O–H groups in total. The van der Waals surface area contributed by atoms with Crippen LogP contribution < -0.4 is 20.5 Å². The average Bonchev–Trinajstić information content (AvgIpc) is 2.50. The maximum absolute atomic E-state index is 12.2. The van der Waals surface area contributed by atoms with Crippen LogP contribution >= 0.6 is 0 Å². The molecule has 20 heavy (non-hydrogen) atoms. The summed E-state index contributed by atoms with van der Waals surface area (Å²) in [5.41, 5.74) is 6.10. The van der Waals surface area contributed by atoms with Crippen molar-refractivity contribution in [1.82, 2.24) is 5.32 Å². The van der Waals surface area contributed by atoms with Gasteiger partial charge in [-0.15, -0.1) is 0 Å². The minimum absolute atomic E-state index is 0.118. The molecule has 0 saturated heterocycles. The zero-order chi connectivity index (χ0) is 14.4. The summed E-state index contributed by atoms with van der Waals surface area (Å²) < 4.78 is 11.0. The maximum atomic E-state index is 12.2. The molecule has 5 nitrogen and oxygen atoms in total. The number of carbonyl (C=O) groups excluding carboxylic acids is 1. The molecule has 1 unspecified atom stereocenters. The van der Waals surface area contributed by atoms with Crippen molar-refractivity contribution < 1.29 is 14.3 Å². The van der Waals surface area contributed by atoms with Crippen LogP contribution in [0, 0.1) is 5.92 Å². The van der Waals surface area contributed by atoms with Crippen LogP contribution in [0.1, 0.15) is 30.1 Å². The van der Waals surface area contributed by atoms with Crippen molar-refractivity contribution in [3.63, 3.8) is 0 Å². The van der Waals surface area contributed by atoms with E-state index in [1.165, 1.54) is 0 Å². The third kappa shape index (κ3) is 3.63. The second kappa shape index (κ2) is 7.14. The van der Waals surface area contributed by atoms with Gasteiger partial charge in [-0.2, -0.15) is 0 Å². The van der Waals surface area contributed by atoms with Crippen LogP contribution in [0.4, 0.5) is 0 Å². The van der Waals surface area contributed by atoms with Crippen LogP contribution in [-0.2, 0) is 0 Å². The van der Waals surface area contributed by atoms with E-state index in [-0.39, 0.29) is 5.91 Å². The Morgan fingerprint density at radius 2 is 2.20 bits per heavy atom. The normalized spacial score (nSPS) is 14.7. The number of fused-ring (bicyclic) bond motifs is 1. The fourth-order valence-corrected chi connectivity index (χ4v) is 2.12. The van der Waals surface area contributed by atoms with E-state index in [0.29, 0.717) is 49.3 Å². The summed E-state index contributed by atoms with van der Waals surface area (Å²) >= 11 is 0. The number of ether oxygens (including phenoxy) is 2. The van der Waals surface area contributed by atoms with Gasteiger partial charge in [-0.3, -0.25) is 4.79 Å². The standard InChI is InChI=1S/C15H22N2O3/c1-11(10-16)4-3-7-17-15(18)12-5-2-6-13-14(12)20-9-8-19-13/h2,5-6,11H,3-4,7-10,16H2,1H3,(H,17,18). The summed E-state index contributed by atoms with van der Waals surface area (Å²) in [6.07, 6.45) is 1.94. The zero-order valence-electron chi connectivity index (χ0n) is 11.9. The second-order valence-corrected chi connectivity index (χ2v) is 5.07. The van der Waals surface area contributed by atoms with Crippen LogP contribution in [0.15, 0.2) is 18.2 Å². The zero-order valence-corrected chi connectivity index (χ0v) is 11.9. The van der Waals surface area contributed by atoms with Gasteiger partial charge >= 0.3 is 0 Å². The highest BCUT2D eigenvalue weighted by Gasteiger charge is 2.19. The lowest BCUT2D eigenvalue weighted by Crippen LogP contribution is -2.27. The first-order chi connectivity index (χ1) is 9.72. The SMILES string of the molecule is CC(CN)CCCNC(=O)c1cccc2c1OCCO2. The van der Waals surface area contributed by atoms with Gasteiger partial charge in [0.25, 0.3) is 5.91 Å². The molecule has 0 spiro atoms. The van der Waals surface area contributed by atoms with Gasteiger partial charge in [-0.05, 0) is 37.4 Å². The largest absolute Gasteiger partial charge is 0.486 e. The van der Waals surface area contributed by atoms with Gasteiger partial charge in [0.05, 0.1) is 5.56 Å². The number of hydrogen-bond donors (Lipinski definition) is 2. The first-order valence-electron chi connectivity index (χ1n) is 7.09. The van der Waals surface area contributed by atoms with Crippen LogP contribution in [0.25, 0.3) is 0 Å². The first kappa shape index (κ1) is 14.7. The fraction of sp³-hybridized carbons (Fsp3) is 0.533. The molecule has 1 aliphatic rings. The number of rotatable bonds is 6. The molecule has 110 valence electrons. The van der Waals surface area contributed by atoms with Gasteiger partial charge in [0.1, 0.15) is 13.2 Å². The van der Waals surface area contributed by atoms with E-state index < -0.39 is 0 Å². The minimum atomic E-state index is -0.118. The number of nitrogens with two attached hydrogens (primary N) is 1. The van der Waals surface area contributed by atoms with Gasteiger partial charge in [0.15, 0.2) is 11.5 Å². The summed E-state index contributed by atoms with van der Waals surface area (Å²) in [4.78, 5) is 12.2. The fourth-order valence-electron chi connectivity index (χ4n) is 2.12. The molecular weight excluding hydrogens is 256 g/mol. The monoisotopic (exact) mass is 278 g/mol. The summed E-state index contributed by atoms with van der Waals surface area (Å²) in [7, 11) is 0. The topological polar surface area (TPSA) is 73.6 Å². The molecular formula is C15H22N2O3. The van der Waals surface area contributed by atoms with Gasteiger partial charge in [0.2, 0.25) is 0 Å². The highest BCUT2D eigenvalue weighted by atomic mass is 16.6. The Labute approximate surface area is 119 Å². The molecule has 0 aliphatic carbocycles. The van der Waals surface area contributed by atoms with Gasteiger partial charge in [0, 0.05) is 6.54 Å². The Balaban J connectivity index is 1.90. The summed E-state index contributed by atoms with van der Waals surface area (Å²) in [6, 6.07) is 5.37. The number of para-hydroxylation sites is 1. The number of benzene rings is 1. The second-order valence-electron chi connectivity index (χ2n) is 5.07. The van der Waals surface area contributed by atoms with Gasteiger partial charge in [-0.1, -0.05) is 13.0 Å². The lowest BCUT2D eigenvalue weighted by atomic mass is 10.1. The molecule has 0 saturated carbocycles. The number of amides is 1. The van der Waals surface area contributed by atoms with Crippen LogP contribution in [-0.4, -0.2) is 32.2 Å². The van der Waals surface area contributed by atoms with E-state index in [2.05, 4.69) is 12.2 Å². The third-order valence-corrected chi connectivity index (χ3v) is 3.37. The van der Waals surface area contributed by atoms with E-state index in [1.807, 2.05) is 6.07 Å². The highest BCUT2D eigenvalue weighted by molar-refractivity contribution is 5.97. The molecule has 0 bridgehead atoms. The minimum Gasteiger partial charge on any atom is -0.486 e. The van der Waals surface area contributed by atoms with Crippen molar-refractivity contribution in [3.05, 3.63) is 23.8 Å². The molecule has 0 radical (unpaired) electrons. The summed E-state index contributed by atoms with van der Waals surface area (Å²) in [5, 5.41) is 2.91. The molecule has 1 aromatic carbocycles. The van der Waals surface area contributed by atoms with Crippen LogP contribution in [0.2, 0.25) is 0 Å². The van der Waals surface area contributed by atoms with E-state index in [1.54, 1.807) is 12.1 Å². The number of carbonyl (C=O) groups is 1. The summed E-state index contributed by atoms with van der Waals surface area (Å²) in [5.74, 6) is 1.56. The lowest BCUT2D eigenvalue weighted by molar-refractivity contribution is 0.0941. The smallest absolute Gasteiger partial charge is 0.255 e. The highest BCUT2D eigenvalue weighted by Crippen LogP contribution is 2.33. The van der Waals surface area contributed by atoms with Crippen LogP contribution in [0.3, 0.4) is 0 Å². The number of hydrogen-bond acceptors (Lipinski definition) is 4. The Hall–Kier alpha value is -1.75. The lowest BCUT2D eigenvalue weighted by Gasteiger charge is -2.20. The van der Waals surface area contributed by atoms with Crippen molar-refractivity contribution >= 4 is 5.91 Å². The Bertz CT molecular complexity index is 462.